The van der Waals surface area contributed by atoms with Crippen LogP contribution in [0.25, 0.3) is 0 Å². The zero-order valence-electron chi connectivity index (χ0n) is 10.9. The Morgan fingerprint density at radius 3 is 2.21 bits per heavy atom. The van der Waals surface area contributed by atoms with Crippen LogP contribution in [0.5, 0.6) is 0 Å². The molecule has 0 fully saturated rings. The molecule has 19 heavy (non-hydrogen) atoms. The van der Waals surface area contributed by atoms with E-state index in [1.165, 1.54) is 0 Å². The van der Waals surface area contributed by atoms with Crippen molar-refractivity contribution >= 4 is 0 Å². The predicted octanol–water partition coefficient (Wildman–Crippen LogP) is 3.69. The average Bonchev–Trinajstić information content (AvgIpc) is 2.22. The maximum atomic E-state index is 13.3. The first kappa shape index (κ1) is 15.9. The summed E-state index contributed by atoms with van der Waals surface area (Å²) in [4.78, 5) is 0. The standard InChI is InChI=1S/C13H16F4O2/c1-12(2,3)19-7-11(18)8-4-5-9(10(14)6-8)13(15,16)17/h4-6,11,18H,7H2,1-3H3. The fourth-order valence-corrected chi connectivity index (χ4v) is 1.39. The van der Waals surface area contributed by atoms with Crippen molar-refractivity contribution in [1.29, 1.82) is 0 Å². The molecule has 1 atom stereocenters. The van der Waals surface area contributed by atoms with Gasteiger partial charge in [-0.2, -0.15) is 13.2 Å². The molecule has 0 saturated heterocycles. The molecule has 0 radical (unpaired) electrons. The fourth-order valence-electron chi connectivity index (χ4n) is 1.39. The predicted molar refractivity (Wildman–Crippen MR) is 62.1 cm³/mol. The third-order valence-corrected chi connectivity index (χ3v) is 2.36. The lowest BCUT2D eigenvalue weighted by molar-refractivity contribution is -0.140. The molecule has 1 rings (SSSR count). The van der Waals surface area contributed by atoms with Crippen LogP contribution in [0.15, 0.2) is 18.2 Å². The highest BCUT2D eigenvalue weighted by Crippen LogP contribution is 2.32. The zero-order valence-corrected chi connectivity index (χ0v) is 10.9. The molecular formula is C13H16F4O2. The van der Waals surface area contributed by atoms with E-state index in [0.29, 0.717) is 12.1 Å². The van der Waals surface area contributed by atoms with Gasteiger partial charge >= 0.3 is 6.18 Å². The van der Waals surface area contributed by atoms with Gasteiger partial charge in [0.15, 0.2) is 0 Å². The molecule has 0 spiro atoms. The summed E-state index contributed by atoms with van der Waals surface area (Å²) in [5, 5.41) is 9.73. The number of alkyl halides is 3. The SMILES string of the molecule is CC(C)(C)OCC(O)c1ccc(C(F)(F)F)c(F)c1. The van der Waals surface area contributed by atoms with Crippen LogP contribution in [0.1, 0.15) is 38.0 Å². The summed E-state index contributed by atoms with van der Waals surface area (Å²) < 4.78 is 55.7. The van der Waals surface area contributed by atoms with Gasteiger partial charge in [-0.05, 0) is 38.5 Å². The summed E-state index contributed by atoms with van der Waals surface area (Å²) in [6.45, 7) is 5.20. The van der Waals surface area contributed by atoms with Gasteiger partial charge < -0.3 is 9.84 Å². The normalized spacial score (nSPS) is 14.5. The number of aliphatic hydroxyl groups is 1. The maximum absolute atomic E-state index is 13.3. The van der Waals surface area contributed by atoms with Gasteiger partial charge in [0.25, 0.3) is 0 Å². The summed E-state index contributed by atoms with van der Waals surface area (Å²) in [5.74, 6) is -1.40. The lowest BCUT2D eigenvalue weighted by atomic mass is 10.1. The van der Waals surface area contributed by atoms with E-state index in [9.17, 15) is 22.7 Å². The first-order valence-electron chi connectivity index (χ1n) is 5.69. The van der Waals surface area contributed by atoms with Crippen molar-refractivity contribution in [3.63, 3.8) is 0 Å². The Morgan fingerprint density at radius 1 is 1.21 bits per heavy atom. The molecule has 1 unspecified atom stereocenters. The van der Waals surface area contributed by atoms with Crippen LogP contribution in [0.2, 0.25) is 0 Å². The van der Waals surface area contributed by atoms with Gasteiger partial charge in [0.2, 0.25) is 0 Å². The third kappa shape index (κ3) is 4.80. The second-order valence-electron chi connectivity index (χ2n) is 5.18. The molecule has 0 heterocycles. The van der Waals surface area contributed by atoms with Gasteiger partial charge in [-0.1, -0.05) is 6.07 Å². The maximum Gasteiger partial charge on any atom is 0.419 e. The summed E-state index contributed by atoms with van der Waals surface area (Å²) in [5.41, 5.74) is -1.79. The van der Waals surface area contributed by atoms with Crippen molar-refractivity contribution in [2.75, 3.05) is 6.61 Å². The Hall–Kier alpha value is -1.14. The highest BCUT2D eigenvalue weighted by molar-refractivity contribution is 5.27. The topological polar surface area (TPSA) is 29.5 Å². The molecule has 0 aromatic heterocycles. The van der Waals surface area contributed by atoms with E-state index < -0.39 is 29.3 Å². The van der Waals surface area contributed by atoms with E-state index in [0.717, 1.165) is 6.07 Å². The van der Waals surface area contributed by atoms with Crippen LogP contribution in [0.4, 0.5) is 17.6 Å². The monoisotopic (exact) mass is 280 g/mol. The van der Waals surface area contributed by atoms with E-state index in [1.54, 1.807) is 20.8 Å². The van der Waals surface area contributed by atoms with E-state index in [4.69, 9.17) is 4.74 Å². The number of ether oxygens (including phenoxy) is 1. The fraction of sp³-hybridized carbons (Fsp3) is 0.538. The Bertz CT molecular complexity index is 435. The number of rotatable bonds is 3. The summed E-state index contributed by atoms with van der Waals surface area (Å²) in [7, 11) is 0. The highest BCUT2D eigenvalue weighted by Gasteiger charge is 2.34. The molecule has 0 aliphatic heterocycles. The van der Waals surface area contributed by atoms with E-state index in [1.807, 2.05) is 0 Å². The van der Waals surface area contributed by atoms with Gasteiger partial charge in [0, 0.05) is 0 Å². The first-order valence-corrected chi connectivity index (χ1v) is 5.69. The number of hydrogen-bond acceptors (Lipinski definition) is 2. The Labute approximate surface area is 109 Å². The molecule has 2 nitrogen and oxygen atoms in total. The molecule has 1 aromatic carbocycles. The molecule has 0 aliphatic carbocycles. The quantitative estimate of drug-likeness (QED) is 0.856. The van der Waals surface area contributed by atoms with Gasteiger partial charge in [0.05, 0.1) is 17.8 Å². The van der Waals surface area contributed by atoms with Gasteiger partial charge in [-0.25, -0.2) is 4.39 Å². The molecule has 108 valence electrons. The van der Waals surface area contributed by atoms with Crippen molar-refractivity contribution in [3.8, 4) is 0 Å². The molecule has 0 bridgehead atoms. The van der Waals surface area contributed by atoms with Crippen LogP contribution in [-0.4, -0.2) is 17.3 Å². The number of halogens is 4. The number of benzene rings is 1. The minimum Gasteiger partial charge on any atom is -0.386 e. The van der Waals surface area contributed by atoms with Crippen molar-refractivity contribution in [2.24, 2.45) is 0 Å². The van der Waals surface area contributed by atoms with Gasteiger partial charge in [-0.3, -0.25) is 0 Å². The van der Waals surface area contributed by atoms with E-state index in [-0.39, 0.29) is 12.2 Å². The molecule has 1 N–H and O–H groups in total. The molecule has 0 amide bonds. The zero-order chi connectivity index (χ0) is 14.8. The highest BCUT2D eigenvalue weighted by atomic mass is 19.4. The van der Waals surface area contributed by atoms with E-state index >= 15 is 0 Å². The minimum absolute atomic E-state index is 0.0507. The second kappa shape index (κ2) is 5.46. The van der Waals surface area contributed by atoms with E-state index in [2.05, 4.69) is 0 Å². The smallest absolute Gasteiger partial charge is 0.386 e. The van der Waals surface area contributed by atoms with Crippen molar-refractivity contribution in [1.82, 2.24) is 0 Å². The Kier molecular flexibility index (Phi) is 4.58. The Morgan fingerprint density at radius 2 is 1.79 bits per heavy atom. The van der Waals surface area contributed by atoms with Crippen LogP contribution in [0.3, 0.4) is 0 Å². The minimum atomic E-state index is -4.74. The number of aliphatic hydroxyl groups excluding tert-OH is 1. The molecular weight excluding hydrogens is 264 g/mol. The Balaban J connectivity index is 2.83. The second-order valence-corrected chi connectivity index (χ2v) is 5.18. The first-order chi connectivity index (χ1) is 8.50. The molecule has 0 saturated carbocycles. The van der Waals surface area contributed by atoms with Crippen LogP contribution in [-0.2, 0) is 10.9 Å². The third-order valence-electron chi connectivity index (χ3n) is 2.36. The molecule has 0 aliphatic rings. The van der Waals surface area contributed by atoms with Gasteiger partial charge in [-0.15, -0.1) is 0 Å². The average molecular weight is 280 g/mol. The van der Waals surface area contributed by atoms with Crippen molar-refractivity contribution in [2.45, 2.75) is 38.7 Å². The lowest BCUT2D eigenvalue weighted by Crippen LogP contribution is -2.23. The molecule has 6 heteroatoms. The summed E-state index contributed by atoms with van der Waals surface area (Å²) >= 11 is 0. The van der Waals surface area contributed by atoms with Gasteiger partial charge in [0.1, 0.15) is 11.9 Å². The summed E-state index contributed by atoms with van der Waals surface area (Å²) in [6, 6.07) is 2.34. The molecule has 1 aromatic rings. The van der Waals surface area contributed by atoms with Crippen LogP contribution >= 0.6 is 0 Å². The largest absolute Gasteiger partial charge is 0.419 e. The van der Waals surface area contributed by atoms with Crippen LogP contribution in [0, 0.1) is 5.82 Å². The van der Waals surface area contributed by atoms with Crippen LogP contribution < -0.4 is 0 Å². The summed E-state index contributed by atoms with van der Waals surface area (Å²) in [6.07, 6.45) is -5.91. The van der Waals surface area contributed by atoms with Crippen molar-refractivity contribution < 1.29 is 27.4 Å². The van der Waals surface area contributed by atoms with Crippen molar-refractivity contribution in [3.05, 3.63) is 35.1 Å². The lowest BCUT2D eigenvalue weighted by Gasteiger charge is -2.22. The number of hydrogen-bond donors (Lipinski definition) is 1.